The molecule has 0 saturated heterocycles. The lowest BCUT2D eigenvalue weighted by Gasteiger charge is -2.46. The molecule has 12 aromatic rings. The number of fused-ring (bicyclic) bond motifs is 3. The molecule has 3 heteroatoms. The van der Waals surface area contributed by atoms with Crippen molar-refractivity contribution < 1.29 is 13.2 Å². The maximum atomic E-state index is 15.2. The standard InChI is InChI=1S/C42H13F3/c43-42(44,45)11-41-21-10-9-19-18-6-5-15-14-2-1-12-13-3-4-16-17-7-8-20(21)29-28(17)32-25(16)24(13)30-22(12)23(14)31-26(15)27(18)37(39(19)41)36-34(31)33(30)35(32)38(36)40(29)41/h1-10,39H,11H2. The Bertz CT molecular complexity index is 3630. The van der Waals surface area contributed by atoms with Crippen molar-refractivity contribution >= 4 is 130 Å². The molecule has 12 aromatic carbocycles. The molecule has 0 radical (unpaired) electrons. The van der Waals surface area contributed by atoms with Crippen LogP contribution in [0.15, 0.2) is 60.7 Å². The zero-order valence-corrected chi connectivity index (χ0v) is 23.2. The summed E-state index contributed by atoms with van der Waals surface area (Å²) in [5.74, 6) is -0.338. The Labute approximate surface area is 248 Å². The highest BCUT2D eigenvalue weighted by atomic mass is 19.4. The van der Waals surface area contributed by atoms with Crippen molar-refractivity contribution in [2.45, 2.75) is 23.9 Å². The normalized spacial score (nSPS) is 22.3. The number of benzene rings is 8. The van der Waals surface area contributed by atoms with Crippen LogP contribution in [0, 0.1) is 0 Å². The lowest BCUT2D eigenvalue weighted by Crippen LogP contribution is -2.41. The minimum atomic E-state index is -4.32. The first kappa shape index (κ1) is 20.0. The van der Waals surface area contributed by atoms with E-state index in [1.165, 1.54) is 113 Å². The first-order valence-corrected chi connectivity index (χ1v) is 15.9. The lowest BCUT2D eigenvalue weighted by molar-refractivity contribution is -0.144. The van der Waals surface area contributed by atoms with E-state index in [-0.39, 0.29) is 5.92 Å². The van der Waals surface area contributed by atoms with Crippen LogP contribution in [0.4, 0.5) is 13.2 Å². The molecule has 0 amide bonds. The van der Waals surface area contributed by atoms with E-state index in [9.17, 15) is 0 Å². The van der Waals surface area contributed by atoms with Gasteiger partial charge in [-0.3, -0.25) is 0 Å². The Morgan fingerprint density at radius 2 is 0.933 bits per heavy atom. The van der Waals surface area contributed by atoms with E-state index in [0.717, 1.165) is 37.9 Å². The molecule has 0 aromatic heterocycles. The molecule has 4 aliphatic carbocycles. The van der Waals surface area contributed by atoms with Gasteiger partial charge in [-0.25, -0.2) is 0 Å². The van der Waals surface area contributed by atoms with E-state index in [2.05, 4.69) is 60.7 Å². The highest BCUT2D eigenvalue weighted by Crippen LogP contribution is 2.72. The van der Waals surface area contributed by atoms with E-state index >= 15 is 13.2 Å². The summed E-state index contributed by atoms with van der Waals surface area (Å²) in [5, 5.41) is 30.3. The fourth-order valence-electron chi connectivity index (χ4n) is 13.0. The molecule has 0 nitrogen and oxygen atoms in total. The highest BCUT2D eigenvalue weighted by molar-refractivity contribution is 6.64. The Morgan fingerprint density at radius 3 is 1.53 bits per heavy atom. The van der Waals surface area contributed by atoms with Gasteiger partial charge in [-0.15, -0.1) is 0 Å². The van der Waals surface area contributed by atoms with Crippen LogP contribution >= 0.6 is 0 Å². The van der Waals surface area contributed by atoms with Crippen LogP contribution in [-0.4, -0.2) is 6.18 Å². The van der Waals surface area contributed by atoms with Crippen LogP contribution in [0.2, 0.25) is 0 Å². The van der Waals surface area contributed by atoms with Crippen molar-refractivity contribution in [3.05, 3.63) is 82.2 Å². The summed E-state index contributed by atoms with van der Waals surface area (Å²) in [6.45, 7) is 0. The van der Waals surface area contributed by atoms with Crippen molar-refractivity contribution in [3.8, 4) is 0 Å². The second-order valence-electron chi connectivity index (χ2n) is 14.8. The quantitative estimate of drug-likeness (QED) is 0.171. The fourth-order valence-corrected chi connectivity index (χ4v) is 13.0. The third-order valence-corrected chi connectivity index (χ3v) is 13.8. The van der Waals surface area contributed by atoms with E-state index in [0.29, 0.717) is 0 Å². The molecule has 2 atom stereocenters. The molecular formula is C42H13F3. The van der Waals surface area contributed by atoms with Crippen LogP contribution in [0.25, 0.3) is 130 Å². The molecule has 4 aliphatic rings. The zero-order valence-electron chi connectivity index (χ0n) is 23.2. The predicted octanol–water partition coefficient (Wildman–Crippen LogP) is 10.1. The lowest BCUT2D eigenvalue weighted by atomic mass is 9.56. The summed E-state index contributed by atoms with van der Waals surface area (Å²) in [6.07, 6.45) is -0.890. The smallest absolute Gasteiger partial charge is 0.171 e. The summed E-state index contributed by atoms with van der Waals surface area (Å²) in [7, 11) is 0. The van der Waals surface area contributed by atoms with Gasteiger partial charge in [0.1, 0.15) is 0 Å². The van der Waals surface area contributed by atoms with Gasteiger partial charge in [0, 0.05) is 11.3 Å². The minimum absolute atomic E-state index is 0.338. The van der Waals surface area contributed by atoms with E-state index < -0.39 is 18.0 Å². The number of hydrogen-bond donors (Lipinski definition) is 0. The average molecular weight is 575 g/mol. The van der Waals surface area contributed by atoms with E-state index in [1.807, 2.05) is 0 Å². The third-order valence-electron chi connectivity index (χ3n) is 13.8. The van der Waals surface area contributed by atoms with Gasteiger partial charge >= 0.3 is 6.18 Å². The molecule has 0 saturated carbocycles. The van der Waals surface area contributed by atoms with Crippen LogP contribution in [0.3, 0.4) is 0 Å². The molecule has 0 bridgehead atoms. The van der Waals surface area contributed by atoms with Crippen LogP contribution in [0.1, 0.15) is 23.5 Å². The molecule has 45 heavy (non-hydrogen) atoms. The van der Waals surface area contributed by atoms with E-state index in [4.69, 9.17) is 0 Å². The van der Waals surface area contributed by atoms with Crippen LogP contribution < -0.4 is 10.4 Å². The molecule has 0 N–H and O–H groups in total. The van der Waals surface area contributed by atoms with Gasteiger partial charge in [0.2, 0.25) is 0 Å². The predicted molar refractivity (Wildman–Crippen MR) is 179 cm³/mol. The van der Waals surface area contributed by atoms with Crippen LogP contribution in [-0.2, 0) is 5.41 Å². The van der Waals surface area contributed by atoms with Gasteiger partial charge in [-0.1, -0.05) is 60.7 Å². The zero-order chi connectivity index (χ0) is 28.5. The molecule has 0 fully saturated rings. The van der Waals surface area contributed by atoms with E-state index in [1.54, 1.807) is 0 Å². The monoisotopic (exact) mass is 574 g/mol. The maximum absolute atomic E-state index is 15.2. The summed E-state index contributed by atoms with van der Waals surface area (Å²) in [4.78, 5) is 0. The van der Waals surface area contributed by atoms with Gasteiger partial charge in [-0.05, 0) is 151 Å². The van der Waals surface area contributed by atoms with Gasteiger partial charge in [0.05, 0.1) is 6.42 Å². The Balaban J connectivity index is 1.46. The molecule has 2 unspecified atom stereocenters. The molecule has 202 valence electrons. The largest absolute Gasteiger partial charge is 0.390 e. The molecule has 0 heterocycles. The number of halogens is 3. The van der Waals surface area contributed by atoms with Crippen molar-refractivity contribution in [2.75, 3.05) is 0 Å². The Morgan fingerprint density at radius 1 is 0.467 bits per heavy atom. The van der Waals surface area contributed by atoms with Gasteiger partial charge in [-0.2, -0.15) is 13.2 Å². The van der Waals surface area contributed by atoms with Crippen molar-refractivity contribution in [1.29, 1.82) is 0 Å². The van der Waals surface area contributed by atoms with Crippen molar-refractivity contribution in [1.82, 2.24) is 0 Å². The van der Waals surface area contributed by atoms with Gasteiger partial charge < -0.3 is 0 Å². The molecule has 16 rings (SSSR count). The Hall–Kier alpha value is -5.15. The first-order chi connectivity index (χ1) is 22.0. The van der Waals surface area contributed by atoms with Gasteiger partial charge in [0.15, 0.2) is 0 Å². The number of allylic oxidation sites excluding steroid dienone is 2. The molecule has 0 aliphatic heterocycles. The number of hydrogen-bond acceptors (Lipinski definition) is 0. The summed E-state index contributed by atoms with van der Waals surface area (Å²) in [6, 6.07) is 18.2. The molecular weight excluding hydrogens is 561 g/mol. The third kappa shape index (κ3) is 1.43. The van der Waals surface area contributed by atoms with Crippen molar-refractivity contribution in [3.63, 3.8) is 0 Å². The van der Waals surface area contributed by atoms with Gasteiger partial charge in [0.25, 0.3) is 0 Å². The summed E-state index contributed by atoms with van der Waals surface area (Å²) < 4.78 is 45.7. The average Bonchev–Trinajstić information content (AvgIpc) is 3.82. The SMILES string of the molecule is FC(F)(F)CC12C3=c4ccc5c6ccc7c8ccc9c%10ccc%11c%12c(c%13c%14c1c4c5c1c6c7c4c8c9c(c%12%10)c%13c4c%141)C2C=%11C=C3. The topological polar surface area (TPSA) is 0 Å². The summed E-state index contributed by atoms with van der Waals surface area (Å²) >= 11 is 0. The maximum Gasteiger partial charge on any atom is 0.390 e. The Kier molecular flexibility index (Phi) is 2.25. The fraction of sp³-hybridized carbons (Fsp3) is 0.0952. The van der Waals surface area contributed by atoms with Crippen LogP contribution in [0.5, 0.6) is 0 Å². The number of alkyl halides is 3. The summed E-state index contributed by atoms with van der Waals surface area (Å²) in [5.41, 5.74) is 2.96. The first-order valence-electron chi connectivity index (χ1n) is 15.9. The minimum Gasteiger partial charge on any atom is -0.171 e. The second-order valence-corrected chi connectivity index (χ2v) is 14.8. The number of rotatable bonds is 1. The van der Waals surface area contributed by atoms with Crippen molar-refractivity contribution in [2.24, 2.45) is 0 Å². The second kappa shape index (κ2) is 5.06. The highest BCUT2D eigenvalue weighted by Gasteiger charge is 2.61. The molecule has 0 spiro atoms.